The third-order valence-corrected chi connectivity index (χ3v) is 3.40. The summed E-state index contributed by atoms with van der Waals surface area (Å²) in [4.78, 5) is 24.6. The minimum atomic E-state index is -0.922. The van der Waals surface area contributed by atoms with Gasteiger partial charge in [0.15, 0.2) is 0 Å². The smallest absolute Gasteiger partial charge is 0.309 e. The summed E-state index contributed by atoms with van der Waals surface area (Å²) in [5.41, 5.74) is 0.713. The molecule has 1 aliphatic rings. The standard InChI is InChI=1S/C14H17NO4/c1-3-19-11-6-4-10(5-7-11)15-9(2)12(14(17)18)8-13(15)16/h4-7,9,12H,3,8H2,1-2H3,(H,17,18). The summed E-state index contributed by atoms with van der Waals surface area (Å²) >= 11 is 0. The number of rotatable bonds is 4. The predicted octanol–water partition coefficient (Wildman–Crippen LogP) is 1.91. The minimum Gasteiger partial charge on any atom is -0.494 e. The lowest BCUT2D eigenvalue weighted by Gasteiger charge is -2.23. The molecule has 2 rings (SSSR count). The molecule has 0 bridgehead atoms. The van der Waals surface area contributed by atoms with Crippen LogP contribution in [0.15, 0.2) is 24.3 Å². The topological polar surface area (TPSA) is 66.8 Å². The lowest BCUT2D eigenvalue weighted by molar-refractivity contribution is -0.142. The molecule has 1 N–H and O–H groups in total. The highest BCUT2D eigenvalue weighted by atomic mass is 16.5. The number of carboxylic acid groups (broad SMARTS) is 1. The minimum absolute atomic E-state index is 0.0592. The highest BCUT2D eigenvalue weighted by Crippen LogP contribution is 2.31. The quantitative estimate of drug-likeness (QED) is 0.901. The molecule has 1 amide bonds. The van der Waals surface area contributed by atoms with Gasteiger partial charge in [-0.15, -0.1) is 0 Å². The molecule has 19 heavy (non-hydrogen) atoms. The zero-order valence-corrected chi connectivity index (χ0v) is 11.0. The summed E-state index contributed by atoms with van der Waals surface area (Å²) in [6.07, 6.45) is 0.0592. The molecule has 2 atom stereocenters. The summed E-state index contributed by atoms with van der Waals surface area (Å²) < 4.78 is 5.34. The van der Waals surface area contributed by atoms with Crippen LogP contribution in [0.3, 0.4) is 0 Å². The average Bonchev–Trinajstić information content (AvgIpc) is 2.67. The van der Waals surface area contributed by atoms with Crippen LogP contribution in [0.4, 0.5) is 5.69 Å². The van der Waals surface area contributed by atoms with E-state index < -0.39 is 11.9 Å². The second-order valence-electron chi connectivity index (χ2n) is 4.58. The fraction of sp³-hybridized carbons (Fsp3) is 0.429. The number of hydrogen-bond donors (Lipinski definition) is 1. The lowest BCUT2D eigenvalue weighted by atomic mass is 10.0. The molecule has 1 aliphatic heterocycles. The molecule has 1 fully saturated rings. The zero-order chi connectivity index (χ0) is 14.0. The Hall–Kier alpha value is -2.04. The van der Waals surface area contributed by atoms with Gasteiger partial charge in [-0.2, -0.15) is 0 Å². The van der Waals surface area contributed by atoms with E-state index in [4.69, 9.17) is 9.84 Å². The summed E-state index contributed by atoms with van der Waals surface area (Å²) in [6.45, 7) is 4.25. The molecule has 1 heterocycles. The first-order valence-corrected chi connectivity index (χ1v) is 6.32. The Morgan fingerprint density at radius 2 is 2.05 bits per heavy atom. The number of aliphatic carboxylic acids is 1. The highest BCUT2D eigenvalue weighted by molar-refractivity contribution is 6.00. The molecule has 2 unspecified atom stereocenters. The van der Waals surface area contributed by atoms with Crippen molar-refractivity contribution in [2.75, 3.05) is 11.5 Å². The predicted molar refractivity (Wildman–Crippen MR) is 70.3 cm³/mol. The SMILES string of the molecule is CCOc1ccc(N2C(=O)CC(C(=O)O)C2C)cc1. The number of anilines is 1. The van der Waals surface area contributed by atoms with Gasteiger partial charge in [0.25, 0.3) is 0 Å². The van der Waals surface area contributed by atoms with Gasteiger partial charge in [0, 0.05) is 18.2 Å². The molecular weight excluding hydrogens is 246 g/mol. The number of nitrogens with zero attached hydrogens (tertiary/aromatic N) is 1. The van der Waals surface area contributed by atoms with E-state index in [1.807, 2.05) is 6.92 Å². The van der Waals surface area contributed by atoms with E-state index in [1.165, 1.54) is 0 Å². The molecule has 1 saturated heterocycles. The van der Waals surface area contributed by atoms with Gasteiger partial charge < -0.3 is 14.7 Å². The van der Waals surface area contributed by atoms with Crippen LogP contribution in [0.1, 0.15) is 20.3 Å². The molecule has 0 aliphatic carbocycles. The van der Waals surface area contributed by atoms with Gasteiger partial charge >= 0.3 is 5.97 Å². The third-order valence-electron chi connectivity index (χ3n) is 3.40. The molecule has 5 heteroatoms. The van der Waals surface area contributed by atoms with Crippen molar-refractivity contribution in [1.29, 1.82) is 0 Å². The van der Waals surface area contributed by atoms with E-state index in [2.05, 4.69) is 0 Å². The average molecular weight is 263 g/mol. The second kappa shape index (κ2) is 5.30. The number of benzene rings is 1. The van der Waals surface area contributed by atoms with Crippen LogP contribution in [0, 0.1) is 5.92 Å². The van der Waals surface area contributed by atoms with Gasteiger partial charge in [0.05, 0.1) is 12.5 Å². The van der Waals surface area contributed by atoms with Gasteiger partial charge in [0.1, 0.15) is 5.75 Å². The Balaban J connectivity index is 2.21. The van der Waals surface area contributed by atoms with Crippen LogP contribution < -0.4 is 9.64 Å². The van der Waals surface area contributed by atoms with Crippen LogP contribution in [0.5, 0.6) is 5.75 Å². The van der Waals surface area contributed by atoms with E-state index in [9.17, 15) is 9.59 Å². The molecular formula is C14H17NO4. The molecule has 1 aromatic rings. The van der Waals surface area contributed by atoms with E-state index in [-0.39, 0.29) is 18.4 Å². The van der Waals surface area contributed by atoms with Crippen LogP contribution in [0.2, 0.25) is 0 Å². The maximum Gasteiger partial charge on any atom is 0.309 e. The number of ether oxygens (including phenoxy) is 1. The fourth-order valence-corrected chi connectivity index (χ4v) is 2.41. The van der Waals surface area contributed by atoms with E-state index in [1.54, 1.807) is 36.1 Å². The maximum atomic E-state index is 11.9. The lowest BCUT2D eigenvalue weighted by Crippen LogP contribution is -2.34. The number of amides is 1. The zero-order valence-electron chi connectivity index (χ0n) is 11.0. The van der Waals surface area contributed by atoms with E-state index in [0.29, 0.717) is 12.3 Å². The Kier molecular flexibility index (Phi) is 3.74. The molecule has 0 saturated carbocycles. The highest BCUT2D eigenvalue weighted by Gasteiger charge is 2.41. The first-order chi connectivity index (χ1) is 9.04. The first-order valence-electron chi connectivity index (χ1n) is 6.32. The van der Waals surface area contributed by atoms with Gasteiger partial charge in [-0.1, -0.05) is 0 Å². The van der Waals surface area contributed by atoms with Crippen molar-refractivity contribution in [1.82, 2.24) is 0 Å². The third kappa shape index (κ3) is 2.54. The van der Waals surface area contributed by atoms with Gasteiger partial charge in [-0.25, -0.2) is 0 Å². The Bertz CT molecular complexity index is 483. The van der Waals surface area contributed by atoms with E-state index >= 15 is 0 Å². The van der Waals surface area contributed by atoms with E-state index in [0.717, 1.165) is 5.75 Å². The summed E-state index contributed by atoms with van der Waals surface area (Å²) in [5.74, 6) is -0.974. The van der Waals surface area contributed by atoms with Crippen molar-refractivity contribution in [3.63, 3.8) is 0 Å². The van der Waals surface area contributed by atoms with Crippen LogP contribution in [-0.4, -0.2) is 29.6 Å². The number of carbonyl (C=O) groups is 2. The molecule has 0 spiro atoms. The summed E-state index contributed by atoms with van der Waals surface area (Å²) in [5, 5.41) is 9.08. The normalized spacial score (nSPS) is 22.6. The molecule has 0 aromatic heterocycles. The van der Waals surface area contributed by atoms with Gasteiger partial charge in [-0.05, 0) is 38.1 Å². The fourth-order valence-electron chi connectivity index (χ4n) is 2.41. The van der Waals surface area contributed by atoms with Gasteiger partial charge in [0.2, 0.25) is 5.91 Å². The number of carboxylic acids is 1. The van der Waals surface area contributed by atoms with Crippen molar-refractivity contribution >= 4 is 17.6 Å². The first kappa shape index (κ1) is 13.4. The van der Waals surface area contributed by atoms with Crippen LogP contribution >= 0.6 is 0 Å². The van der Waals surface area contributed by atoms with Crippen molar-refractivity contribution in [2.45, 2.75) is 26.3 Å². The molecule has 102 valence electrons. The summed E-state index contributed by atoms with van der Waals surface area (Å²) in [6, 6.07) is 6.80. The Labute approximate surface area is 111 Å². The number of carbonyl (C=O) groups excluding carboxylic acids is 1. The van der Waals surface area contributed by atoms with Crippen LogP contribution in [-0.2, 0) is 9.59 Å². The van der Waals surface area contributed by atoms with Crippen molar-refractivity contribution in [2.24, 2.45) is 5.92 Å². The largest absolute Gasteiger partial charge is 0.494 e. The second-order valence-corrected chi connectivity index (χ2v) is 4.58. The summed E-state index contributed by atoms with van der Waals surface area (Å²) in [7, 11) is 0. The van der Waals surface area contributed by atoms with Crippen molar-refractivity contribution < 1.29 is 19.4 Å². The molecule has 0 radical (unpaired) electrons. The van der Waals surface area contributed by atoms with Crippen LogP contribution in [0.25, 0.3) is 0 Å². The molecule has 1 aromatic carbocycles. The Morgan fingerprint density at radius 3 is 2.53 bits per heavy atom. The number of hydrogen-bond acceptors (Lipinski definition) is 3. The Morgan fingerprint density at radius 1 is 1.42 bits per heavy atom. The maximum absolute atomic E-state index is 11.9. The van der Waals surface area contributed by atoms with Gasteiger partial charge in [-0.3, -0.25) is 9.59 Å². The van der Waals surface area contributed by atoms with Crippen molar-refractivity contribution in [3.8, 4) is 5.75 Å². The monoisotopic (exact) mass is 263 g/mol. The molecule has 5 nitrogen and oxygen atoms in total. The van der Waals surface area contributed by atoms with Crippen molar-refractivity contribution in [3.05, 3.63) is 24.3 Å².